The van der Waals surface area contributed by atoms with Gasteiger partial charge in [0, 0.05) is 4.90 Å². The highest BCUT2D eigenvalue weighted by Gasteiger charge is 2.17. The molecule has 3 aromatic rings. The Bertz CT molecular complexity index is 908. The zero-order chi connectivity index (χ0) is 18.4. The number of carbonyl (C=O) groups is 2. The van der Waals surface area contributed by atoms with Crippen molar-refractivity contribution in [1.82, 2.24) is 5.32 Å². The fraction of sp³-hybridized carbons (Fsp3) is 0.182. The molecule has 132 valence electrons. The highest BCUT2D eigenvalue weighted by atomic mass is 32.2. The Labute approximate surface area is 157 Å². The number of fused-ring (bicyclic) bond motifs is 1. The van der Waals surface area contributed by atoms with Crippen LogP contribution >= 0.6 is 11.8 Å². The number of benzene rings is 3. The fourth-order valence-electron chi connectivity index (χ4n) is 2.79. The molecular formula is C22H21NO2S. The first-order valence-corrected chi connectivity index (χ1v) is 9.56. The van der Waals surface area contributed by atoms with Crippen LogP contribution in [0.3, 0.4) is 0 Å². The highest BCUT2D eigenvalue weighted by Crippen LogP contribution is 2.23. The number of amides is 1. The predicted molar refractivity (Wildman–Crippen MR) is 107 cm³/mol. The highest BCUT2D eigenvalue weighted by molar-refractivity contribution is 8.00. The lowest BCUT2D eigenvalue weighted by Gasteiger charge is -2.16. The van der Waals surface area contributed by atoms with Crippen LogP contribution in [0, 0.1) is 0 Å². The van der Waals surface area contributed by atoms with E-state index in [-0.39, 0.29) is 17.4 Å². The topological polar surface area (TPSA) is 46.2 Å². The molecule has 1 atom stereocenters. The van der Waals surface area contributed by atoms with Gasteiger partial charge >= 0.3 is 0 Å². The second kappa shape index (κ2) is 8.68. The van der Waals surface area contributed by atoms with Crippen LogP contribution in [0.1, 0.15) is 12.5 Å². The number of rotatable bonds is 7. The summed E-state index contributed by atoms with van der Waals surface area (Å²) in [7, 11) is 0. The van der Waals surface area contributed by atoms with Gasteiger partial charge in [-0.05, 0) is 41.8 Å². The van der Waals surface area contributed by atoms with Crippen molar-refractivity contribution in [1.29, 1.82) is 0 Å². The van der Waals surface area contributed by atoms with Gasteiger partial charge < -0.3 is 5.32 Å². The number of hydrogen-bond acceptors (Lipinski definition) is 3. The Morgan fingerprint density at radius 3 is 2.35 bits per heavy atom. The van der Waals surface area contributed by atoms with Crippen LogP contribution in [0.15, 0.2) is 77.7 Å². The summed E-state index contributed by atoms with van der Waals surface area (Å²) in [6.07, 6.45) is 0.516. The first-order valence-electron chi connectivity index (χ1n) is 8.57. The van der Waals surface area contributed by atoms with E-state index in [2.05, 4.69) is 29.6 Å². The number of hydrogen-bond donors (Lipinski definition) is 1. The molecule has 0 spiro atoms. The number of ketones is 1. The third-order valence-corrected chi connectivity index (χ3v) is 5.19. The van der Waals surface area contributed by atoms with E-state index in [9.17, 15) is 9.59 Å². The molecule has 0 aliphatic heterocycles. The maximum absolute atomic E-state index is 12.3. The summed E-state index contributed by atoms with van der Waals surface area (Å²) in [5.74, 6) is 0.133. The van der Waals surface area contributed by atoms with Gasteiger partial charge in [0.05, 0.1) is 11.8 Å². The van der Waals surface area contributed by atoms with E-state index in [1.54, 1.807) is 0 Å². The molecule has 3 rings (SSSR count). The Morgan fingerprint density at radius 2 is 1.62 bits per heavy atom. The number of Topliss-reactive ketones (excluding diaryl/α,β-unsaturated/α-hetero) is 1. The van der Waals surface area contributed by atoms with Gasteiger partial charge in [-0.3, -0.25) is 9.59 Å². The van der Waals surface area contributed by atoms with Crippen molar-refractivity contribution < 1.29 is 9.59 Å². The van der Waals surface area contributed by atoms with Crippen molar-refractivity contribution in [2.75, 3.05) is 5.75 Å². The minimum Gasteiger partial charge on any atom is -0.345 e. The quantitative estimate of drug-likeness (QED) is 0.639. The minimum atomic E-state index is -0.484. The lowest BCUT2D eigenvalue weighted by Crippen LogP contribution is -2.42. The largest absolute Gasteiger partial charge is 0.345 e. The molecule has 0 heterocycles. The average molecular weight is 363 g/mol. The summed E-state index contributed by atoms with van der Waals surface area (Å²) >= 11 is 1.48. The molecule has 0 aromatic heterocycles. The molecule has 3 aromatic carbocycles. The van der Waals surface area contributed by atoms with E-state index >= 15 is 0 Å². The lowest BCUT2D eigenvalue weighted by atomic mass is 10.0. The molecule has 1 N–H and O–H groups in total. The Kier molecular flexibility index (Phi) is 6.08. The maximum Gasteiger partial charge on any atom is 0.230 e. The second-order valence-corrected chi connectivity index (χ2v) is 7.27. The minimum absolute atomic E-state index is 0.0297. The van der Waals surface area contributed by atoms with Crippen LogP contribution in [0.2, 0.25) is 0 Å². The zero-order valence-electron chi connectivity index (χ0n) is 14.6. The number of carbonyl (C=O) groups excluding carboxylic acids is 2. The van der Waals surface area contributed by atoms with E-state index in [1.165, 1.54) is 24.1 Å². The lowest BCUT2D eigenvalue weighted by molar-refractivity contribution is -0.125. The van der Waals surface area contributed by atoms with Crippen LogP contribution in [0.4, 0.5) is 0 Å². The molecular weight excluding hydrogens is 342 g/mol. The summed E-state index contributed by atoms with van der Waals surface area (Å²) in [4.78, 5) is 25.2. The van der Waals surface area contributed by atoms with E-state index in [0.717, 1.165) is 15.8 Å². The molecule has 0 aliphatic carbocycles. The molecule has 3 nitrogen and oxygen atoms in total. The smallest absolute Gasteiger partial charge is 0.230 e. The standard InChI is InChI=1S/C22H21NO2S/c1-16(24)21(13-17-7-3-2-4-8-17)23-22(25)15-26-20-12-11-18-9-5-6-10-19(18)14-20/h2-12,14,21H,13,15H2,1H3,(H,23,25)/t21-/m0/s1. The van der Waals surface area contributed by atoms with Gasteiger partial charge in [-0.25, -0.2) is 0 Å². The van der Waals surface area contributed by atoms with Crippen molar-refractivity contribution in [3.05, 3.63) is 78.4 Å². The zero-order valence-corrected chi connectivity index (χ0v) is 15.5. The molecule has 0 fully saturated rings. The maximum atomic E-state index is 12.3. The third kappa shape index (κ3) is 4.96. The normalized spacial score (nSPS) is 11.9. The van der Waals surface area contributed by atoms with E-state index in [1.807, 2.05) is 48.5 Å². The van der Waals surface area contributed by atoms with E-state index < -0.39 is 6.04 Å². The van der Waals surface area contributed by atoms with Crippen molar-refractivity contribution >= 4 is 34.2 Å². The average Bonchev–Trinajstić information content (AvgIpc) is 2.66. The Morgan fingerprint density at radius 1 is 0.923 bits per heavy atom. The summed E-state index contributed by atoms with van der Waals surface area (Å²) in [6, 6.07) is 23.6. The first-order chi connectivity index (χ1) is 12.6. The van der Waals surface area contributed by atoms with Crippen LogP contribution < -0.4 is 5.32 Å². The van der Waals surface area contributed by atoms with Crippen molar-refractivity contribution in [2.45, 2.75) is 24.3 Å². The van der Waals surface area contributed by atoms with Crippen molar-refractivity contribution in [2.24, 2.45) is 0 Å². The fourth-order valence-corrected chi connectivity index (χ4v) is 3.54. The third-order valence-electron chi connectivity index (χ3n) is 4.20. The van der Waals surface area contributed by atoms with Crippen LogP contribution in [0.25, 0.3) is 10.8 Å². The number of nitrogens with one attached hydrogen (secondary N) is 1. The van der Waals surface area contributed by atoms with Gasteiger partial charge in [-0.1, -0.05) is 60.7 Å². The molecule has 0 saturated carbocycles. The van der Waals surface area contributed by atoms with E-state index in [4.69, 9.17) is 0 Å². The molecule has 4 heteroatoms. The molecule has 0 aliphatic rings. The van der Waals surface area contributed by atoms with Crippen LogP contribution in [0.5, 0.6) is 0 Å². The van der Waals surface area contributed by atoms with E-state index in [0.29, 0.717) is 6.42 Å². The predicted octanol–water partition coefficient (Wildman–Crippen LogP) is 4.25. The summed E-state index contributed by atoms with van der Waals surface area (Å²) in [5.41, 5.74) is 1.04. The molecule has 1 amide bonds. The van der Waals surface area contributed by atoms with Crippen molar-refractivity contribution in [3.63, 3.8) is 0 Å². The molecule has 0 unspecified atom stereocenters. The Balaban J connectivity index is 1.58. The van der Waals surface area contributed by atoms with Gasteiger partial charge in [0.25, 0.3) is 0 Å². The van der Waals surface area contributed by atoms with Crippen LogP contribution in [-0.4, -0.2) is 23.5 Å². The summed E-state index contributed by atoms with van der Waals surface area (Å²) in [6.45, 7) is 1.52. The van der Waals surface area contributed by atoms with Gasteiger partial charge in [-0.2, -0.15) is 0 Å². The molecule has 26 heavy (non-hydrogen) atoms. The number of thioether (sulfide) groups is 1. The van der Waals surface area contributed by atoms with Gasteiger partial charge in [0.15, 0.2) is 5.78 Å². The second-order valence-electron chi connectivity index (χ2n) is 6.22. The monoisotopic (exact) mass is 363 g/mol. The van der Waals surface area contributed by atoms with Gasteiger partial charge in [0.1, 0.15) is 0 Å². The molecule has 0 bridgehead atoms. The van der Waals surface area contributed by atoms with Gasteiger partial charge in [-0.15, -0.1) is 11.8 Å². The summed E-state index contributed by atoms with van der Waals surface area (Å²) in [5, 5.41) is 5.20. The molecule has 0 saturated heterocycles. The first kappa shape index (κ1) is 18.2. The van der Waals surface area contributed by atoms with Crippen LogP contribution in [-0.2, 0) is 16.0 Å². The van der Waals surface area contributed by atoms with Gasteiger partial charge in [0.2, 0.25) is 5.91 Å². The SMILES string of the molecule is CC(=O)[C@H](Cc1ccccc1)NC(=O)CSc1ccc2ccccc2c1. The van der Waals surface area contributed by atoms with Crippen molar-refractivity contribution in [3.8, 4) is 0 Å². The Hall–Kier alpha value is -2.59. The molecule has 0 radical (unpaired) electrons. The summed E-state index contributed by atoms with van der Waals surface area (Å²) < 4.78 is 0.